The lowest BCUT2D eigenvalue weighted by atomic mass is 10.1. The summed E-state index contributed by atoms with van der Waals surface area (Å²) in [5.41, 5.74) is -2.41. The average Bonchev–Trinajstić information content (AvgIpc) is 2.52. The molecule has 0 atom stereocenters. The van der Waals surface area contributed by atoms with Gasteiger partial charge in [0.1, 0.15) is 28.0 Å². The standard InChI is InChI=1S/C16H10O9/c17-6-2-1-5(3-7(6)18)15-14(22)13(21)11-9(25-15)4-8(19)10(12(11)20)16(23)24/h1-4,17-20,22H,(H,23,24). The summed E-state index contributed by atoms with van der Waals surface area (Å²) in [4.78, 5) is 23.4. The van der Waals surface area contributed by atoms with E-state index < -0.39 is 56.9 Å². The molecule has 6 N–H and O–H groups in total. The van der Waals surface area contributed by atoms with E-state index >= 15 is 0 Å². The van der Waals surface area contributed by atoms with E-state index in [9.17, 15) is 35.1 Å². The highest BCUT2D eigenvalue weighted by Gasteiger charge is 2.25. The van der Waals surface area contributed by atoms with E-state index in [-0.39, 0.29) is 11.1 Å². The highest BCUT2D eigenvalue weighted by molar-refractivity contribution is 6.02. The molecule has 0 amide bonds. The van der Waals surface area contributed by atoms with Gasteiger partial charge in [-0.3, -0.25) is 4.79 Å². The summed E-state index contributed by atoms with van der Waals surface area (Å²) in [7, 11) is 0. The fourth-order valence-electron chi connectivity index (χ4n) is 2.38. The number of carboxylic acid groups (broad SMARTS) is 1. The number of benzene rings is 2. The van der Waals surface area contributed by atoms with Crippen LogP contribution < -0.4 is 5.43 Å². The molecule has 0 bridgehead atoms. The lowest BCUT2D eigenvalue weighted by molar-refractivity contribution is 0.0690. The average molecular weight is 346 g/mol. The van der Waals surface area contributed by atoms with Crippen molar-refractivity contribution >= 4 is 16.9 Å². The molecule has 25 heavy (non-hydrogen) atoms. The third kappa shape index (κ3) is 2.34. The molecule has 0 saturated carbocycles. The first-order valence-electron chi connectivity index (χ1n) is 6.72. The monoisotopic (exact) mass is 346 g/mol. The van der Waals surface area contributed by atoms with Crippen LogP contribution in [0.1, 0.15) is 10.4 Å². The molecule has 2 aromatic carbocycles. The summed E-state index contributed by atoms with van der Waals surface area (Å²) < 4.78 is 5.30. The molecule has 128 valence electrons. The Kier molecular flexibility index (Phi) is 3.42. The summed E-state index contributed by atoms with van der Waals surface area (Å²) in [5, 5.41) is 56.9. The zero-order valence-electron chi connectivity index (χ0n) is 12.2. The van der Waals surface area contributed by atoms with E-state index in [1.54, 1.807) is 0 Å². The van der Waals surface area contributed by atoms with Gasteiger partial charge in [0.2, 0.25) is 11.2 Å². The summed E-state index contributed by atoms with van der Waals surface area (Å²) in [6.07, 6.45) is 0. The van der Waals surface area contributed by atoms with Crippen LogP contribution in [0, 0.1) is 0 Å². The van der Waals surface area contributed by atoms with Crippen molar-refractivity contribution in [2.45, 2.75) is 0 Å². The van der Waals surface area contributed by atoms with E-state index in [1.807, 2.05) is 0 Å². The van der Waals surface area contributed by atoms with Gasteiger partial charge in [-0.2, -0.15) is 0 Å². The lowest BCUT2D eigenvalue weighted by Gasteiger charge is -2.10. The maximum atomic E-state index is 12.3. The minimum Gasteiger partial charge on any atom is -0.507 e. The fraction of sp³-hybridized carbons (Fsp3) is 0. The van der Waals surface area contributed by atoms with Gasteiger partial charge in [-0.1, -0.05) is 0 Å². The summed E-state index contributed by atoms with van der Waals surface area (Å²) in [6.45, 7) is 0. The minimum atomic E-state index is -1.68. The summed E-state index contributed by atoms with van der Waals surface area (Å²) in [5.74, 6) is -5.90. The summed E-state index contributed by atoms with van der Waals surface area (Å²) >= 11 is 0. The Labute approximate surface area is 137 Å². The second-order valence-electron chi connectivity index (χ2n) is 5.11. The van der Waals surface area contributed by atoms with E-state index in [0.29, 0.717) is 0 Å². The number of rotatable bonds is 2. The highest BCUT2D eigenvalue weighted by Crippen LogP contribution is 2.39. The Balaban J connectivity index is 2.40. The van der Waals surface area contributed by atoms with Crippen molar-refractivity contribution in [1.29, 1.82) is 0 Å². The topological polar surface area (TPSA) is 169 Å². The van der Waals surface area contributed by atoms with E-state index in [4.69, 9.17) is 9.52 Å². The van der Waals surface area contributed by atoms with Crippen LogP contribution in [0.2, 0.25) is 0 Å². The number of phenolic OH excluding ortho intramolecular Hbond substituents is 2. The Hall–Kier alpha value is -3.88. The number of hydrogen-bond acceptors (Lipinski definition) is 8. The maximum absolute atomic E-state index is 12.3. The van der Waals surface area contributed by atoms with Gasteiger partial charge in [0, 0.05) is 11.6 Å². The number of carbonyl (C=O) groups is 1. The Bertz CT molecular complexity index is 1100. The first-order chi connectivity index (χ1) is 11.7. The number of hydrogen-bond donors (Lipinski definition) is 6. The van der Waals surface area contributed by atoms with Crippen molar-refractivity contribution in [3.63, 3.8) is 0 Å². The normalized spacial score (nSPS) is 10.9. The molecule has 9 heteroatoms. The highest BCUT2D eigenvalue weighted by atomic mass is 16.4. The van der Waals surface area contributed by atoms with E-state index in [0.717, 1.165) is 18.2 Å². The van der Waals surface area contributed by atoms with Gasteiger partial charge >= 0.3 is 5.97 Å². The number of aromatic hydroxyl groups is 5. The number of carboxylic acids is 1. The van der Waals surface area contributed by atoms with Crippen LogP contribution >= 0.6 is 0 Å². The van der Waals surface area contributed by atoms with Crippen LogP contribution in [-0.4, -0.2) is 36.6 Å². The molecule has 9 nitrogen and oxygen atoms in total. The van der Waals surface area contributed by atoms with Crippen LogP contribution in [0.3, 0.4) is 0 Å². The molecule has 0 fully saturated rings. The molecule has 1 heterocycles. The van der Waals surface area contributed by atoms with Crippen LogP contribution in [0.25, 0.3) is 22.3 Å². The van der Waals surface area contributed by atoms with Gasteiger partial charge < -0.3 is 35.1 Å². The number of aromatic carboxylic acids is 1. The molecule has 1 aromatic heterocycles. The summed E-state index contributed by atoms with van der Waals surface area (Å²) in [6, 6.07) is 4.16. The fourth-order valence-corrected chi connectivity index (χ4v) is 2.38. The molecule has 0 aliphatic carbocycles. The number of phenols is 4. The molecule has 0 unspecified atom stereocenters. The first-order valence-corrected chi connectivity index (χ1v) is 6.72. The molecule has 3 aromatic rings. The Morgan fingerprint density at radius 3 is 2.16 bits per heavy atom. The molecule has 0 radical (unpaired) electrons. The minimum absolute atomic E-state index is 0.0214. The zero-order chi connectivity index (χ0) is 18.5. The lowest BCUT2D eigenvalue weighted by Crippen LogP contribution is -2.06. The molecule has 0 aliphatic rings. The van der Waals surface area contributed by atoms with E-state index in [1.165, 1.54) is 6.07 Å². The second-order valence-corrected chi connectivity index (χ2v) is 5.11. The van der Waals surface area contributed by atoms with Crippen molar-refractivity contribution in [3.05, 3.63) is 40.1 Å². The van der Waals surface area contributed by atoms with Crippen LogP contribution in [0.4, 0.5) is 0 Å². The predicted octanol–water partition coefficient (Wildman–Crippen LogP) is 1.69. The Morgan fingerprint density at radius 1 is 0.880 bits per heavy atom. The maximum Gasteiger partial charge on any atom is 0.343 e. The van der Waals surface area contributed by atoms with Gasteiger partial charge in [0.25, 0.3) is 0 Å². The molecular weight excluding hydrogens is 336 g/mol. The molecule has 0 saturated heterocycles. The smallest absolute Gasteiger partial charge is 0.343 e. The second kappa shape index (κ2) is 5.34. The van der Waals surface area contributed by atoms with Crippen molar-refractivity contribution < 1.29 is 39.9 Å². The van der Waals surface area contributed by atoms with E-state index in [2.05, 4.69) is 0 Å². The van der Waals surface area contributed by atoms with Gasteiger partial charge in [0.15, 0.2) is 17.3 Å². The quantitative estimate of drug-likeness (QED) is 0.378. The first kappa shape index (κ1) is 16.0. The van der Waals surface area contributed by atoms with Crippen molar-refractivity contribution in [2.24, 2.45) is 0 Å². The van der Waals surface area contributed by atoms with Crippen molar-refractivity contribution in [1.82, 2.24) is 0 Å². The van der Waals surface area contributed by atoms with Crippen LogP contribution in [-0.2, 0) is 0 Å². The van der Waals surface area contributed by atoms with Crippen LogP contribution in [0.5, 0.6) is 28.7 Å². The van der Waals surface area contributed by atoms with Gasteiger partial charge in [-0.05, 0) is 18.2 Å². The molecule has 0 aliphatic heterocycles. The molecule has 3 rings (SSSR count). The largest absolute Gasteiger partial charge is 0.507 e. The van der Waals surface area contributed by atoms with Crippen molar-refractivity contribution in [3.8, 4) is 40.1 Å². The molecule has 0 spiro atoms. The van der Waals surface area contributed by atoms with Crippen LogP contribution in [0.15, 0.2) is 33.5 Å². The third-order valence-corrected chi connectivity index (χ3v) is 3.56. The van der Waals surface area contributed by atoms with Gasteiger partial charge in [0.05, 0.1) is 0 Å². The number of fused-ring (bicyclic) bond motifs is 1. The van der Waals surface area contributed by atoms with Gasteiger partial charge in [-0.15, -0.1) is 0 Å². The predicted molar refractivity (Wildman–Crippen MR) is 83.2 cm³/mol. The third-order valence-electron chi connectivity index (χ3n) is 3.56. The SMILES string of the molecule is O=C(O)c1c(O)cc2oc(-c3ccc(O)c(O)c3)c(O)c(=O)c2c1O. The Morgan fingerprint density at radius 2 is 1.56 bits per heavy atom. The zero-order valence-corrected chi connectivity index (χ0v) is 12.2. The van der Waals surface area contributed by atoms with Crippen molar-refractivity contribution in [2.75, 3.05) is 0 Å². The molecular formula is C16H10O9. The van der Waals surface area contributed by atoms with Gasteiger partial charge in [-0.25, -0.2) is 4.79 Å².